The maximum absolute atomic E-state index is 14.4. The fraction of sp³-hybridized carbons (Fsp3) is 0.400. The van der Waals surface area contributed by atoms with E-state index < -0.39 is 23.6 Å². The number of carbonyl (C=O) groups excluding carboxylic acids is 1. The van der Waals surface area contributed by atoms with Gasteiger partial charge in [0.05, 0.1) is 11.6 Å². The number of benzene rings is 1. The number of rotatable bonds is 3. The van der Waals surface area contributed by atoms with Crippen LogP contribution in [0.1, 0.15) is 30.0 Å². The summed E-state index contributed by atoms with van der Waals surface area (Å²) in [6, 6.07) is 2.39. The van der Waals surface area contributed by atoms with Gasteiger partial charge >= 0.3 is 6.18 Å². The van der Waals surface area contributed by atoms with E-state index in [4.69, 9.17) is 5.73 Å². The number of amides is 1. The topological polar surface area (TPSA) is 77.0 Å². The molecule has 1 aromatic heterocycles. The average molecular weight is 357 g/mol. The van der Waals surface area contributed by atoms with Gasteiger partial charge in [0.1, 0.15) is 18.7 Å². The van der Waals surface area contributed by atoms with Gasteiger partial charge < -0.3 is 10.6 Å². The lowest BCUT2D eigenvalue weighted by molar-refractivity contribution is -0.140. The van der Waals surface area contributed by atoms with E-state index in [1.165, 1.54) is 22.0 Å². The van der Waals surface area contributed by atoms with Crippen LogP contribution in [-0.4, -0.2) is 32.1 Å². The molecule has 0 saturated carbocycles. The summed E-state index contributed by atoms with van der Waals surface area (Å²) in [6.45, 7) is 0.171. The SMILES string of the molecule is Nc1ncn(CC(=O)N2CCCC2c2cccc(C(F)(F)F)c2F)n1. The zero-order valence-corrected chi connectivity index (χ0v) is 13.0. The van der Waals surface area contributed by atoms with Crippen molar-refractivity contribution in [1.82, 2.24) is 19.7 Å². The lowest BCUT2D eigenvalue weighted by atomic mass is 10.0. The van der Waals surface area contributed by atoms with Crippen molar-refractivity contribution in [2.24, 2.45) is 0 Å². The second-order valence-corrected chi connectivity index (χ2v) is 5.75. The molecule has 0 aliphatic carbocycles. The Morgan fingerprint density at radius 3 is 2.76 bits per heavy atom. The van der Waals surface area contributed by atoms with Crippen molar-refractivity contribution in [2.45, 2.75) is 31.6 Å². The second-order valence-electron chi connectivity index (χ2n) is 5.75. The minimum atomic E-state index is -4.79. The van der Waals surface area contributed by atoms with Crippen LogP contribution in [0.15, 0.2) is 24.5 Å². The van der Waals surface area contributed by atoms with Crippen LogP contribution in [0.4, 0.5) is 23.5 Å². The van der Waals surface area contributed by atoms with Gasteiger partial charge in [-0.25, -0.2) is 14.1 Å². The summed E-state index contributed by atoms with van der Waals surface area (Å²) in [5.41, 5.74) is 3.93. The Morgan fingerprint density at radius 1 is 1.36 bits per heavy atom. The number of likely N-dealkylation sites (tertiary alicyclic amines) is 1. The number of aromatic nitrogens is 3. The number of halogens is 4. The highest BCUT2D eigenvalue weighted by molar-refractivity contribution is 5.76. The molecule has 25 heavy (non-hydrogen) atoms. The number of nitrogen functional groups attached to an aromatic ring is 1. The predicted octanol–water partition coefficient (Wildman–Crippen LogP) is 2.38. The van der Waals surface area contributed by atoms with Gasteiger partial charge in [-0.1, -0.05) is 12.1 Å². The zero-order valence-electron chi connectivity index (χ0n) is 13.0. The Morgan fingerprint density at radius 2 is 2.12 bits per heavy atom. The molecule has 2 N–H and O–H groups in total. The van der Waals surface area contributed by atoms with E-state index in [0.717, 1.165) is 6.07 Å². The van der Waals surface area contributed by atoms with Crippen LogP contribution < -0.4 is 5.73 Å². The lowest BCUT2D eigenvalue weighted by Crippen LogP contribution is -2.34. The first-order valence-corrected chi connectivity index (χ1v) is 7.57. The van der Waals surface area contributed by atoms with Crippen LogP contribution in [0, 0.1) is 5.82 Å². The quantitative estimate of drug-likeness (QED) is 0.856. The van der Waals surface area contributed by atoms with E-state index in [0.29, 0.717) is 25.5 Å². The van der Waals surface area contributed by atoms with Crippen LogP contribution in [0.2, 0.25) is 0 Å². The molecule has 1 aromatic carbocycles. The lowest BCUT2D eigenvalue weighted by Gasteiger charge is -2.26. The number of hydrogen-bond donors (Lipinski definition) is 1. The van der Waals surface area contributed by atoms with Gasteiger partial charge in [0, 0.05) is 12.1 Å². The van der Waals surface area contributed by atoms with E-state index in [9.17, 15) is 22.4 Å². The summed E-state index contributed by atoms with van der Waals surface area (Å²) in [4.78, 5) is 17.5. The van der Waals surface area contributed by atoms with Crippen molar-refractivity contribution in [2.75, 3.05) is 12.3 Å². The number of alkyl halides is 3. The summed E-state index contributed by atoms with van der Waals surface area (Å²) in [7, 11) is 0. The number of carbonyl (C=O) groups is 1. The highest BCUT2D eigenvalue weighted by Crippen LogP contribution is 2.38. The van der Waals surface area contributed by atoms with Crippen LogP contribution in [0.5, 0.6) is 0 Å². The van der Waals surface area contributed by atoms with Crippen molar-refractivity contribution < 1.29 is 22.4 Å². The number of nitrogens with two attached hydrogens (primary N) is 1. The summed E-state index contributed by atoms with van der Waals surface area (Å²) >= 11 is 0. The highest BCUT2D eigenvalue weighted by Gasteiger charge is 2.38. The van der Waals surface area contributed by atoms with E-state index in [-0.39, 0.29) is 24.0 Å². The maximum atomic E-state index is 14.4. The molecule has 1 aliphatic heterocycles. The van der Waals surface area contributed by atoms with E-state index in [1.807, 2.05) is 0 Å². The predicted molar refractivity (Wildman–Crippen MR) is 79.5 cm³/mol. The molecule has 2 aromatic rings. The number of hydrogen-bond acceptors (Lipinski definition) is 4. The molecule has 1 amide bonds. The Kier molecular flexibility index (Phi) is 4.36. The van der Waals surface area contributed by atoms with Crippen LogP contribution in [0.3, 0.4) is 0 Å². The molecule has 0 radical (unpaired) electrons. The third kappa shape index (κ3) is 3.42. The van der Waals surface area contributed by atoms with Crippen molar-refractivity contribution in [3.05, 3.63) is 41.5 Å². The maximum Gasteiger partial charge on any atom is 0.419 e. The fourth-order valence-corrected chi connectivity index (χ4v) is 3.03. The first-order valence-electron chi connectivity index (χ1n) is 7.57. The molecular weight excluding hydrogens is 342 g/mol. The van der Waals surface area contributed by atoms with Gasteiger partial charge in [0.15, 0.2) is 0 Å². The minimum Gasteiger partial charge on any atom is -0.367 e. The monoisotopic (exact) mass is 357 g/mol. The first kappa shape index (κ1) is 17.2. The molecule has 1 atom stereocenters. The molecule has 2 heterocycles. The highest BCUT2D eigenvalue weighted by atomic mass is 19.4. The van der Waals surface area contributed by atoms with Gasteiger partial charge in [-0.3, -0.25) is 4.79 Å². The van der Waals surface area contributed by atoms with E-state index >= 15 is 0 Å². The fourth-order valence-electron chi connectivity index (χ4n) is 3.03. The second kappa shape index (κ2) is 6.34. The average Bonchev–Trinajstić information content (AvgIpc) is 3.15. The normalized spacial score (nSPS) is 17.9. The molecule has 10 heteroatoms. The van der Waals surface area contributed by atoms with Crippen LogP contribution in [-0.2, 0) is 17.5 Å². The largest absolute Gasteiger partial charge is 0.419 e. The minimum absolute atomic E-state index is 0.00898. The van der Waals surface area contributed by atoms with E-state index in [2.05, 4.69) is 10.1 Å². The van der Waals surface area contributed by atoms with Gasteiger partial charge in [-0.2, -0.15) is 13.2 Å². The van der Waals surface area contributed by atoms with Gasteiger partial charge in [0.2, 0.25) is 11.9 Å². The molecule has 0 bridgehead atoms. The summed E-state index contributed by atoms with van der Waals surface area (Å²) in [5, 5.41) is 3.80. The van der Waals surface area contributed by atoms with E-state index in [1.54, 1.807) is 0 Å². The Labute approximate surface area is 140 Å². The summed E-state index contributed by atoms with van der Waals surface area (Å²) in [5.74, 6) is -1.70. The van der Waals surface area contributed by atoms with Crippen LogP contribution in [0.25, 0.3) is 0 Å². The molecular formula is C15H15F4N5O. The number of nitrogens with zero attached hydrogens (tertiary/aromatic N) is 4. The molecule has 0 spiro atoms. The zero-order chi connectivity index (χ0) is 18.2. The first-order chi connectivity index (χ1) is 11.8. The molecule has 1 fully saturated rings. The smallest absolute Gasteiger partial charge is 0.367 e. The van der Waals surface area contributed by atoms with Crippen molar-refractivity contribution >= 4 is 11.9 Å². The molecule has 1 unspecified atom stereocenters. The molecule has 134 valence electrons. The number of anilines is 1. The molecule has 1 aliphatic rings. The Bertz CT molecular complexity index is 788. The Balaban J connectivity index is 1.85. The molecule has 3 rings (SSSR count). The summed E-state index contributed by atoms with van der Waals surface area (Å²) in [6.07, 6.45) is -2.54. The van der Waals surface area contributed by atoms with Crippen molar-refractivity contribution in [3.8, 4) is 0 Å². The standard InChI is InChI=1S/C15H15F4N5O/c16-13-9(3-1-4-10(13)15(17,18)19)11-5-2-6-24(11)12(25)7-23-8-21-14(20)22-23/h1,3-4,8,11H,2,5-7H2,(H2,20,22). The third-order valence-electron chi connectivity index (χ3n) is 4.12. The van der Waals surface area contributed by atoms with Crippen molar-refractivity contribution in [3.63, 3.8) is 0 Å². The van der Waals surface area contributed by atoms with Gasteiger partial charge in [-0.05, 0) is 18.9 Å². The van der Waals surface area contributed by atoms with Gasteiger partial charge in [-0.15, -0.1) is 5.10 Å². The van der Waals surface area contributed by atoms with Crippen LogP contribution >= 0.6 is 0 Å². The summed E-state index contributed by atoms with van der Waals surface area (Å²) < 4.78 is 54.3. The Hall–Kier alpha value is -2.65. The third-order valence-corrected chi connectivity index (χ3v) is 4.12. The van der Waals surface area contributed by atoms with Gasteiger partial charge in [0.25, 0.3) is 0 Å². The molecule has 6 nitrogen and oxygen atoms in total. The molecule has 1 saturated heterocycles. The van der Waals surface area contributed by atoms with Crippen molar-refractivity contribution in [1.29, 1.82) is 0 Å².